The number of aromatic nitrogens is 1. The molecule has 6 nitrogen and oxygen atoms in total. The summed E-state index contributed by atoms with van der Waals surface area (Å²) >= 11 is 11.5. The third kappa shape index (κ3) is 5.44. The van der Waals surface area contributed by atoms with Gasteiger partial charge in [-0.1, -0.05) is 23.2 Å². The van der Waals surface area contributed by atoms with Crippen LogP contribution < -0.4 is 5.32 Å². The van der Waals surface area contributed by atoms with Crippen LogP contribution in [-0.2, 0) is 4.74 Å². The average Bonchev–Trinajstić information content (AvgIpc) is 2.48. The minimum atomic E-state index is -0.810. The van der Waals surface area contributed by atoms with Gasteiger partial charge in [0.25, 0.3) is 5.91 Å². The number of carbonyl (C=O) groups is 2. The first-order valence-electron chi connectivity index (χ1n) is 7.87. The van der Waals surface area contributed by atoms with E-state index in [-0.39, 0.29) is 28.5 Å². The Morgan fingerprint density at radius 3 is 2.68 bits per heavy atom. The van der Waals surface area contributed by atoms with E-state index in [4.69, 9.17) is 27.9 Å². The molecule has 0 unspecified atom stereocenters. The fourth-order valence-corrected chi connectivity index (χ4v) is 2.92. The van der Waals surface area contributed by atoms with Crippen molar-refractivity contribution in [3.8, 4) is 0 Å². The van der Waals surface area contributed by atoms with Crippen LogP contribution in [0, 0.1) is 5.82 Å². The molecule has 25 heavy (non-hydrogen) atoms. The fraction of sp³-hybridized carbons (Fsp3) is 0.562. The van der Waals surface area contributed by atoms with Gasteiger partial charge in [0.2, 0.25) is 0 Å². The summed E-state index contributed by atoms with van der Waals surface area (Å²) in [5.41, 5.74) is -0.657. The van der Waals surface area contributed by atoms with Crippen LogP contribution in [0.3, 0.4) is 0 Å². The van der Waals surface area contributed by atoms with Gasteiger partial charge in [-0.3, -0.25) is 4.79 Å². The number of halogens is 3. The number of likely N-dealkylation sites (tertiary alicyclic amines) is 1. The SMILES string of the molecule is CC(C)(C)OC(=O)N[C@H]1CCCN(C(=O)c2cc(F)c(Cl)nc2Cl)C1. The zero-order chi connectivity index (χ0) is 18.8. The monoisotopic (exact) mass is 391 g/mol. The van der Waals surface area contributed by atoms with E-state index in [1.54, 1.807) is 20.8 Å². The Morgan fingerprint density at radius 2 is 2.04 bits per heavy atom. The molecule has 0 bridgehead atoms. The maximum Gasteiger partial charge on any atom is 0.407 e. The predicted octanol–water partition coefficient (Wildman–Crippen LogP) is 3.66. The molecule has 1 N–H and O–H groups in total. The second kappa shape index (κ2) is 7.74. The van der Waals surface area contributed by atoms with E-state index in [9.17, 15) is 14.0 Å². The average molecular weight is 392 g/mol. The molecule has 0 spiro atoms. The van der Waals surface area contributed by atoms with Crippen molar-refractivity contribution in [1.82, 2.24) is 15.2 Å². The number of carbonyl (C=O) groups excluding carboxylic acids is 2. The Kier molecular flexibility index (Phi) is 6.11. The Labute approximate surface area is 155 Å². The van der Waals surface area contributed by atoms with Crippen LogP contribution in [-0.4, -0.2) is 46.6 Å². The predicted molar refractivity (Wildman–Crippen MR) is 92.5 cm³/mol. The Morgan fingerprint density at radius 1 is 1.36 bits per heavy atom. The molecule has 138 valence electrons. The normalized spacial score (nSPS) is 18.0. The Balaban J connectivity index is 2.04. The van der Waals surface area contributed by atoms with Crippen LogP contribution in [0.1, 0.15) is 44.0 Å². The minimum Gasteiger partial charge on any atom is -0.444 e. The molecule has 1 fully saturated rings. The van der Waals surface area contributed by atoms with Crippen molar-refractivity contribution >= 4 is 35.2 Å². The van der Waals surface area contributed by atoms with Crippen LogP contribution in [0.25, 0.3) is 0 Å². The maximum atomic E-state index is 13.6. The summed E-state index contributed by atoms with van der Waals surface area (Å²) in [5.74, 6) is -1.27. The van der Waals surface area contributed by atoms with E-state index >= 15 is 0 Å². The van der Waals surface area contributed by atoms with Crippen LogP contribution in [0.2, 0.25) is 10.3 Å². The topological polar surface area (TPSA) is 71.5 Å². The molecule has 2 rings (SSSR count). The van der Waals surface area contributed by atoms with Crippen LogP contribution in [0.15, 0.2) is 6.07 Å². The highest BCUT2D eigenvalue weighted by atomic mass is 35.5. The highest BCUT2D eigenvalue weighted by molar-refractivity contribution is 6.34. The van der Waals surface area contributed by atoms with Gasteiger partial charge in [-0.15, -0.1) is 0 Å². The fourth-order valence-electron chi connectivity index (χ4n) is 2.52. The third-order valence-corrected chi connectivity index (χ3v) is 4.10. The number of amides is 2. The first-order valence-corrected chi connectivity index (χ1v) is 8.63. The number of piperidine rings is 1. The number of pyridine rings is 1. The second-order valence-corrected chi connectivity index (χ2v) is 7.55. The van der Waals surface area contributed by atoms with Gasteiger partial charge in [0.15, 0.2) is 11.0 Å². The largest absolute Gasteiger partial charge is 0.444 e. The molecule has 1 aliphatic heterocycles. The lowest BCUT2D eigenvalue weighted by Gasteiger charge is -2.33. The number of rotatable bonds is 2. The van der Waals surface area contributed by atoms with Crippen LogP contribution in [0.4, 0.5) is 9.18 Å². The summed E-state index contributed by atoms with van der Waals surface area (Å²) in [7, 11) is 0. The van der Waals surface area contributed by atoms with Crippen molar-refractivity contribution in [1.29, 1.82) is 0 Å². The van der Waals surface area contributed by atoms with Gasteiger partial charge in [0.1, 0.15) is 10.8 Å². The van der Waals surface area contributed by atoms with Gasteiger partial charge in [0, 0.05) is 19.1 Å². The zero-order valence-electron chi connectivity index (χ0n) is 14.2. The Bertz CT molecular complexity index is 679. The van der Waals surface area contributed by atoms with E-state index < -0.39 is 23.4 Å². The lowest BCUT2D eigenvalue weighted by atomic mass is 10.0. The number of alkyl carbamates (subject to hydrolysis) is 1. The first kappa shape index (κ1) is 19.7. The molecular formula is C16H20Cl2FN3O3. The molecule has 1 aliphatic rings. The highest BCUT2D eigenvalue weighted by Crippen LogP contribution is 2.23. The molecule has 0 aliphatic carbocycles. The zero-order valence-corrected chi connectivity index (χ0v) is 15.7. The van der Waals surface area contributed by atoms with Gasteiger partial charge in [-0.2, -0.15) is 0 Å². The van der Waals surface area contributed by atoms with Crippen molar-refractivity contribution in [3.63, 3.8) is 0 Å². The molecular weight excluding hydrogens is 372 g/mol. The van der Waals surface area contributed by atoms with Gasteiger partial charge < -0.3 is 15.0 Å². The molecule has 9 heteroatoms. The molecule has 1 aromatic heterocycles. The van der Waals surface area contributed by atoms with Gasteiger partial charge in [0.05, 0.1) is 5.56 Å². The Hall–Kier alpha value is -1.60. The highest BCUT2D eigenvalue weighted by Gasteiger charge is 2.29. The second-order valence-electron chi connectivity index (χ2n) is 6.84. The number of hydrogen-bond donors (Lipinski definition) is 1. The standard InChI is InChI=1S/C16H20Cl2FN3O3/c1-16(2,3)25-15(24)20-9-5-4-6-22(8-9)14(23)10-7-11(19)13(18)21-12(10)17/h7,9H,4-6,8H2,1-3H3,(H,20,24)/t9-/m0/s1. The van der Waals surface area contributed by atoms with E-state index in [1.807, 2.05) is 0 Å². The lowest BCUT2D eigenvalue weighted by Crippen LogP contribution is -2.50. The summed E-state index contributed by atoms with van der Waals surface area (Å²) < 4.78 is 18.8. The summed E-state index contributed by atoms with van der Waals surface area (Å²) in [6, 6.07) is 0.724. The maximum absolute atomic E-state index is 13.6. The van der Waals surface area contributed by atoms with Crippen LogP contribution >= 0.6 is 23.2 Å². The summed E-state index contributed by atoms with van der Waals surface area (Å²) in [4.78, 5) is 29.6. The molecule has 1 aromatic rings. The smallest absolute Gasteiger partial charge is 0.407 e. The molecule has 1 saturated heterocycles. The molecule has 1 atom stereocenters. The van der Waals surface area contributed by atoms with E-state index in [0.717, 1.165) is 6.07 Å². The quantitative estimate of drug-likeness (QED) is 0.780. The molecule has 0 saturated carbocycles. The molecule has 0 aromatic carbocycles. The van der Waals surface area contributed by atoms with Crippen molar-refractivity contribution < 1.29 is 18.7 Å². The van der Waals surface area contributed by atoms with Gasteiger partial charge in [-0.05, 0) is 39.7 Å². The van der Waals surface area contributed by atoms with Crippen molar-refractivity contribution in [2.45, 2.75) is 45.3 Å². The number of nitrogens with one attached hydrogen (secondary N) is 1. The molecule has 2 heterocycles. The van der Waals surface area contributed by atoms with E-state index in [1.165, 1.54) is 4.90 Å². The van der Waals surface area contributed by atoms with Crippen molar-refractivity contribution in [2.75, 3.05) is 13.1 Å². The van der Waals surface area contributed by atoms with Gasteiger partial charge >= 0.3 is 6.09 Å². The van der Waals surface area contributed by atoms with Gasteiger partial charge in [-0.25, -0.2) is 14.2 Å². The minimum absolute atomic E-state index is 0.0542. The van der Waals surface area contributed by atoms with Crippen LogP contribution in [0.5, 0.6) is 0 Å². The van der Waals surface area contributed by atoms with Crippen molar-refractivity contribution in [2.24, 2.45) is 0 Å². The number of nitrogens with zero attached hydrogens (tertiary/aromatic N) is 2. The first-order chi connectivity index (χ1) is 11.6. The number of hydrogen-bond acceptors (Lipinski definition) is 4. The summed E-state index contributed by atoms with van der Waals surface area (Å²) in [6.45, 7) is 6.07. The van der Waals surface area contributed by atoms with Crippen molar-refractivity contribution in [3.05, 3.63) is 27.8 Å². The van der Waals surface area contributed by atoms with E-state index in [0.29, 0.717) is 19.4 Å². The summed E-state index contributed by atoms with van der Waals surface area (Å²) in [5, 5.41) is 2.21. The van der Waals surface area contributed by atoms with E-state index in [2.05, 4.69) is 10.3 Å². The molecule has 0 radical (unpaired) electrons. The lowest BCUT2D eigenvalue weighted by molar-refractivity contribution is 0.0452. The number of ether oxygens (including phenoxy) is 1. The molecule has 2 amide bonds. The summed E-state index contributed by atoms with van der Waals surface area (Å²) in [6.07, 6.45) is 0.862. The third-order valence-electron chi connectivity index (χ3n) is 3.55.